The number of rotatable bonds is 4. The summed E-state index contributed by atoms with van der Waals surface area (Å²) in [4.78, 5) is 0. The molecular weight excluding hydrogens is 222 g/mol. The Bertz CT molecular complexity index is 397. The SMILES string of the molecule is CNC(c1ccc(F)c(F)c1)C1(CN)CCC1. The zero-order valence-electron chi connectivity index (χ0n) is 9.97. The van der Waals surface area contributed by atoms with Gasteiger partial charge < -0.3 is 11.1 Å². The van der Waals surface area contributed by atoms with Gasteiger partial charge in [0.25, 0.3) is 0 Å². The highest BCUT2D eigenvalue weighted by Gasteiger charge is 2.43. The van der Waals surface area contributed by atoms with E-state index in [9.17, 15) is 8.78 Å². The van der Waals surface area contributed by atoms with Crippen molar-refractivity contribution in [3.05, 3.63) is 35.4 Å². The van der Waals surface area contributed by atoms with Gasteiger partial charge in [-0.2, -0.15) is 0 Å². The van der Waals surface area contributed by atoms with Crippen LogP contribution in [0.25, 0.3) is 0 Å². The molecular formula is C13H18F2N2. The minimum atomic E-state index is -0.806. The maximum absolute atomic E-state index is 13.3. The van der Waals surface area contributed by atoms with E-state index in [1.54, 1.807) is 6.07 Å². The van der Waals surface area contributed by atoms with E-state index in [0.717, 1.165) is 24.8 Å². The summed E-state index contributed by atoms with van der Waals surface area (Å²) in [6.07, 6.45) is 3.22. The Morgan fingerprint density at radius 3 is 2.47 bits per heavy atom. The van der Waals surface area contributed by atoms with Crippen LogP contribution in [-0.4, -0.2) is 13.6 Å². The normalized spacial score (nSPS) is 19.8. The van der Waals surface area contributed by atoms with Crippen LogP contribution >= 0.6 is 0 Å². The van der Waals surface area contributed by atoms with Crippen molar-refractivity contribution in [2.45, 2.75) is 25.3 Å². The monoisotopic (exact) mass is 240 g/mol. The molecule has 94 valence electrons. The third-order valence-electron chi connectivity index (χ3n) is 3.93. The molecule has 4 heteroatoms. The zero-order chi connectivity index (χ0) is 12.5. The van der Waals surface area contributed by atoms with Gasteiger partial charge in [0, 0.05) is 11.5 Å². The largest absolute Gasteiger partial charge is 0.330 e. The first kappa shape index (κ1) is 12.5. The lowest BCUT2D eigenvalue weighted by atomic mass is 9.62. The lowest BCUT2D eigenvalue weighted by Gasteiger charge is -2.47. The molecule has 0 amide bonds. The number of nitrogens with two attached hydrogens (primary N) is 1. The van der Waals surface area contributed by atoms with Crippen molar-refractivity contribution in [3.8, 4) is 0 Å². The standard InChI is InChI=1S/C13H18F2N2/c1-17-12(13(8-16)5-2-6-13)9-3-4-10(14)11(15)7-9/h3-4,7,12,17H,2,5-6,8,16H2,1H3. The minimum absolute atomic E-state index is 0.000973. The maximum Gasteiger partial charge on any atom is 0.159 e. The molecule has 1 aliphatic rings. The fourth-order valence-electron chi connectivity index (χ4n) is 2.76. The Morgan fingerprint density at radius 2 is 2.06 bits per heavy atom. The molecule has 2 rings (SSSR count). The van der Waals surface area contributed by atoms with Crippen LogP contribution in [0, 0.1) is 17.0 Å². The molecule has 1 aromatic carbocycles. The predicted octanol–water partition coefficient (Wildman–Crippen LogP) is 2.35. The quantitative estimate of drug-likeness (QED) is 0.847. The first-order valence-electron chi connectivity index (χ1n) is 5.95. The van der Waals surface area contributed by atoms with Crippen molar-refractivity contribution in [1.29, 1.82) is 0 Å². The molecule has 2 nitrogen and oxygen atoms in total. The van der Waals surface area contributed by atoms with Crippen LogP contribution in [-0.2, 0) is 0 Å². The van der Waals surface area contributed by atoms with Crippen LogP contribution in [0.3, 0.4) is 0 Å². The van der Waals surface area contributed by atoms with Crippen LogP contribution in [0.4, 0.5) is 8.78 Å². The Morgan fingerprint density at radius 1 is 1.35 bits per heavy atom. The molecule has 0 aromatic heterocycles. The van der Waals surface area contributed by atoms with E-state index >= 15 is 0 Å². The van der Waals surface area contributed by atoms with Crippen molar-refractivity contribution in [2.24, 2.45) is 11.1 Å². The van der Waals surface area contributed by atoms with Crippen molar-refractivity contribution < 1.29 is 8.78 Å². The highest BCUT2D eigenvalue weighted by Crippen LogP contribution is 2.49. The highest BCUT2D eigenvalue weighted by molar-refractivity contribution is 5.24. The van der Waals surface area contributed by atoms with E-state index in [0.29, 0.717) is 6.54 Å². The van der Waals surface area contributed by atoms with E-state index in [-0.39, 0.29) is 11.5 Å². The molecule has 1 aliphatic carbocycles. The van der Waals surface area contributed by atoms with E-state index in [4.69, 9.17) is 5.73 Å². The van der Waals surface area contributed by atoms with Gasteiger partial charge in [0.2, 0.25) is 0 Å². The van der Waals surface area contributed by atoms with Crippen molar-refractivity contribution >= 4 is 0 Å². The van der Waals surface area contributed by atoms with Crippen LogP contribution in [0.15, 0.2) is 18.2 Å². The smallest absolute Gasteiger partial charge is 0.159 e. The van der Waals surface area contributed by atoms with Crippen LogP contribution in [0.2, 0.25) is 0 Å². The van der Waals surface area contributed by atoms with E-state index < -0.39 is 11.6 Å². The second-order valence-electron chi connectivity index (χ2n) is 4.82. The first-order valence-corrected chi connectivity index (χ1v) is 5.95. The molecule has 1 unspecified atom stereocenters. The fraction of sp³-hybridized carbons (Fsp3) is 0.538. The Kier molecular flexibility index (Phi) is 3.45. The molecule has 0 saturated heterocycles. The summed E-state index contributed by atoms with van der Waals surface area (Å²) in [5.74, 6) is -1.60. The third-order valence-corrected chi connectivity index (χ3v) is 3.93. The van der Waals surface area contributed by atoms with E-state index in [2.05, 4.69) is 5.32 Å². The van der Waals surface area contributed by atoms with Gasteiger partial charge >= 0.3 is 0 Å². The average molecular weight is 240 g/mol. The number of halogens is 2. The second kappa shape index (κ2) is 4.70. The fourth-order valence-corrected chi connectivity index (χ4v) is 2.76. The topological polar surface area (TPSA) is 38.0 Å². The Hall–Kier alpha value is -1.00. The summed E-state index contributed by atoms with van der Waals surface area (Å²) < 4.78 is 26.2. The number of hydrogen-bond acceptors (Lipinski definition) is 2. The van der Waals surface area contributed by atoms with Gasteiger partial charge in [-0.3, -0.25) is 0 Å². The van der Waals surface area contributed by atoms with Crippen LogP contribution in [0.1, 0.15) is 30.9 Å². The highest BCUT2D eigenvalue weighted by atomic mass is 19.2. The Labute approximate surface area is 100 Å². The molecule has 0 aliphatic heterocycles. The molecule has 0 heterocycles. The van der Waals surface area contributed by atoms with Crippen molar-refractivity contribution in [3.63, 3.8) is 0 Å². The van der Waals surface area contributed by atoms with Gasteiger partial charge in [-0.1, -0.05) is 12.5 Å². The zero-order valence-corrected chi connectivity index (χ0v) is 9.97. The van der Waals surface area contributed by atoms with Crippen molar-refractivity contribution in [1.82, 2.24) is 5.32 Å². The van der Waals surface area contributed by atoms with Gasteiger partial charge in [0.1, 0.15) is 0 Å². The molecule has 0 bridgehead atoms. The van der Waals surface area contributed by atoms with Gasteiger partial charge in [-0.25, -0.2) is 8.78 Å². The predicted molar refractivity (Wildman–Crippen MR) is 63.5 cm³/mol. The van der Waals surface area contributed by atoms with Gasteiger partial charge in [-0.05, 0) is 44.1 Å². The molecule has 0 radical (unpaired) electrons. The van der Waals surface area contributed by atoms with E-state index in [1.807, 2.05) is 7.05 Å². The molecule has 1 atom stereocenters. The molecule has 1 aromatic rings. The molecule has 17 heavy (non-hydrogen) atoms. The van der Waals surface area contributed by atoms with Gasteiger partial charge in [0.15, 0.2) is 11.6 Å². The summed E-state index contributed by atoms with van der Waals surface area (Å²) in [6, 6.07) is 4.08. The van der Waals surface area contributed by atoms with Gasteiger partial charge in [0.05, 0.1) is 0 Å². The van der Waals surface area contributed by atoms with Gasteiger partial charge in [-0.15, -0.1) is 0 Å². The first-order chi connectivity index (χ1) is 8.13. The number of nitrogens with one attached hydrogen (secondary N) is 1. The summed E-state index contributed by atoms with van der Waals surface area (Å²) in [7, 11) is 1.83. The molecule has 3 N–H and O–H groups in total. The Balaban J connectivity index is 2.31. The summed E-state index contributed by atoms with van der Waals surface area (Å²) in [5.41, 5.74) is 6.62. The van der Waals surface area contributed by atoms with Crippen LogP contribution < -0.4 is 11.1 Å². The number of hydrogen-bond donors (Lipinski definition) is 2. The second-order valence-corrected chi connectivity index (χ2v) is 4.82. The lowest BCUT2D eigenvalue weighted by molar-refractivity contribution is 0.0877. The molecule has 1 fully saturated rings. The lowest BCUT2D eigenvalue weighted by Crippen LogP contribution is -2.47. The minimum Gasteiger partial charge on any atom is -0.330 e. The third kappa shape index (κ3) is 2.07. The van der Waals surface area contributed by atoms with Crippen molar-refractivity contribution in [2.75, 3.05) is 13.6 Å². The molecule has 1 saturated carbocycles. The number of benzene rings is 1. The van der Waals surface area contributed by atoms with E-state index in [1.165, 1.54) is 12.1 Å². The maximum atomic E-state index is 13.3. The average Bonchev–Trinajstić information content (AvgIpc) is 2.27. The summed E-state index contributed by atoms with van der Waals surface area (Å²) in [6.45, 7) is 0.567. The summed E-state index contributed by atoms with van der Waals surface area (Å²) >= 11 is 0. The summed E-state index contributed by atoms with van der Waals surface area (Å²) in [5, 5.41) is 3.19. The van der Waals surface area contributed by atoms with Crippen LogP contribution in [0.5, 0.6) is 0 Å². The molecule has 0 spiro atoms.